The second-order valence-corrected chi connectivity index (χ2v) is 5.94. The number of nitrogens with zero attached hydrogens (tertiary/aromatic N) is 1. The smallest absolute Gasteiger partial charge is 0.321 e. The van der Waals surface area contributed by atoms with E-state index in [-0.39, 0.29) is 12.8 Å². The highest BCUT2D eigenvalue weighted by molar-refractivity contribution is 5.93. The third kappa shape index (κ3) is 5.52. The SMILES string of the molecule is CCOc1ccc(OCNC(=O)Nc2ccccc2N2CCOCC2)cc1. The summed E-state index contributed by atoms with van der Waals surface area (Å²) in [5.41, 5.74) is 1.75. The average Bonchev–Trinajstić information content (AvgIpc) is 2.71. The van der Waals surface area contributed by atoms with Crippen LogP contribution in [0.3, 0.4) is 0 Å². The Balaban J connectivity index is 1.49. The maximum atomic E-state index is 12.2. The molecular formula is C20H25N3O4. The third-order valence-electron chi connectivity index (χ3n) is 4.11. The van der Waals surface area contributed by atoms with Crippen molar-refractivity contribution < 1.29 is 19.0 Å². The molecule has 0 aliphatic carbocycles. The fourth-order valence-corrected chi connectivity index (χ4v) is 2.81. The van der Waals surface area contributed by atoms with Crippen LogP contribution in [0.1, 0.15) is 6.92 Å². The third-order valence-corrected chi connectivity index (χ3v) is 4.11. The lowest BCUT2D eigenvalue weighted by Gasteiger charge is -2.30. The highest BCUT2D eigenvalue weighted by atomic mass is 16.5. The molecule has 1 saturated heterocycles. The zero-order valence-electron chi connectivity index (χ0n) is 15.4. The van der Waals surface area contributed by atoms with Crippen molar-refractivity contribution in [3.8, 4) is 11.5 Å². The number of ether oxygens (including phenoxy) is 3. The molecule has 0 saturated carbocycles. The Morgan fingerprint density at radius 1 is 1.04 bits per heavy atom. The summed E-state index contributed by atoms with van der Waals surface area (Å²) in [6.07, 6.45) is 0. The standard InChI is InChI=1S/C20H25N3O4/c1-2-26-16-7-9-17(10-8-16)27-15-21-20(24)22-18-5-3-4-6-19(18)23-11-13-25-14-12-23/h3-10H,2,11-15H2,1H3,(H2,21,22,24). The number of carbonyl (C=O) groups excluding carboxylic acids is 1. The van der Waals surface area contributed by atoms with Crippen LogP contribution < -0.4 is 25.0 Å². The molecule has 2 N–H and O–H groups in total. The van der Waals surface area contributed by atoms with Crippen LogP contribution in [0.2, 0.25) is 0 Å². The van der Waals surface area contributed by atoms with Crippen molar-refractivity contribution >= 4 is 17.4 Å². The minimum atomic E-state index is -0.318. The predicted molar refractivity (Wildman–Crippen MR) is 105 cm³/mol. The van der Waals surface area contributed by atoms with Gasteiger partial charge in [-0.25, -0.2) is 4.79 Å². The Labute approximate surface area is 159 Å². The number of para-hydroxylation sites is 2. The first kappa shape index (κ1) is 18.8. The van der Waals surface area contributed by atoms with E-state index in [1.807, 2.05) is 43.3 Å². The highest BCUT2D eigenvalue weighted by Gasteiger charge is 2.15. The van der Waals surface area contributed by atoms with Gasteiger partial charge in [-0.1, -0.05) is 12.1 Å². The summed E-state index contributed by atoms with van der Waals surface area (Å²) in [5.74, 6) is 1.45. The Bertz CT molecular complexity index is 730. The van der Waals surface area contributed by atoms with E-state index < -0.39 is 0 Å². The molecule has 27 heavy (non-hydrogen) atoms. The summed E-state index contributed by atoms with van der Waals surface area (Å²) >= 11 is 0. The lowest BCUT2D eigenvalue weighted by Crippen LogP contribution is -2.37. The molecular weight excluding hydrogens is 346 g/mol. The molecule has 0 atom stereocenters. The number of morpholine rings is 1. The summed E-state index contributed by atoms with van der Waals surface area (Å²) in [6, 6.07) is 14.7. The number of hydrogen-bond donors (Lipinski definition) is 2. The number of nitrogens with one attached hydrogen (secondary N) is 2. The van der Waals surface area contributed by atoms with Crippen LogP contribution >= 0.6 is 0 Å². The van der Waals surface area contributed by atoms with E-state index >= 15 is 0 Å². The van der Waals surface area contributed by atoms with Gasteiger partial charge in [0.05, 0.1) is 31.2 Å². The second kappa shape index (κ2) is 9.68. The van der Waals surface area contributed by atoms with Gasteiger partial charge in [-0.05, 0) is 43.3 Å². The number of hydrogen-bond acceptors (Lipinski definition) is 5. The van der Waals surface area contributed by atoms with Gasteiger partial charge in [0, 0.05) is 13.1 Å². The number of rotatable bonds is 7. The fraction of sp³-hybridized carbons (Fsp3) is 0.350. The van der Waals surface area contributed by atoms with Gasteiger partial charge in [-0.3, -0.25) is 0 Å². The van der Waals surface area contributed by atoms with Crippen molar-refractivity contribution in [2.75, 3.05) is 49.9 Å². The van der Waals surface area contributed by atoms with Crippen molar-refractivity contribution in [3.63, 3.8) is 0 Å². The number of amides is 2. The fourth-order valence-electron chi connectivity index (χ4n) is 2.81. The Hall–Kier alpha value is -2.93. The Kier molecular flexibility index (Phi) is 6.76. The molecule has 0 radical (unpaired) electrons. The summed E-state index contributed by atoms with van der Waals surface area (Å²) in [6.45, 7) is 5.62. The van der Waals surface area contributed by atoms with E-state index in [0.29, 0.717) is 25.6 Å². The van der Waals surface area contributed by atoms with Crippen molar-refractivity contribution in [2.24, 2.45) is 0 Å². The van der Waals surface area contributed by atoms with Crippen LogP contribution in [0.4, 0.5) is 16.2 Å². The van der Waals surface area contributed by atoms with Crippen LogP contribution in [-0.2, 0) is 4.74 Å². The summed E-state index contributed by atoms with van der Waals surface area (Å²) in [7, 11) is 0. The zero-order chi connectivity index (χ0) is 18.9. The second-order valence-electron chi connectivity index (χ2n) is 5.94. The molecule has 2 aromatic rings. The van der Waals surface area contributed by atoms with E-state index in [1.54, 1.807) is 12.1 Å². The molecule has 1 heterocycles. The molecule has 1 fully saturated rings. The molecule has 0 unspecified atom stereocenters. The molecule has 3 rings (SSSR count). The summed E-state index contributed by atoms with van der Waals surface area (Å²) in [5, 5.41) is 5.59. The van der Waals surface area contributed by atoms with Crippen LogP contribution in [-0.4, -0.2) is 45.7 Å². The van der Waals surface area contributed by atoms with E-state index in [1.165, 1.54) is 0 Å². The van der Waals surface area contributed by atoms with Gasteiger partial charge in [-0.15, -0.1) is 0 Å². The van der Waals surface area contributed by atoms with E-state index in [2.05, 4.69) is 15.5 Å². The molecule has 0 aromatic heterocycles. The van der Waals surface area contributed by atoms with E-state index in [0.717, 1.165) is 30.2 Å². The van der Waals surface area contributed by atoms with Crippen LogP contribution in [0.15, 0.2) is 48.5 Å². The van der Waals surface area contributed by atoms with Crippen LogP contribution in [0.25, 0.3) is 0 Å². The molecule has 7 heteroatoms. The normalized spacial score (nSPS) is 13.7. The van der Waals surface area contributed by atoms with Gasteiger partial charge in [0.25, 0.3) is 0 Å². The van der Waals surface area contributed by atoms with Gasteiger partial charge >= 0.3 is 6.03 Å². The lowest BCUT2D eigenvalue weighted by molar-refractivity contribution is 0.123. The molecule has 2 amide bonds. The lowest BCUT2D eigenvalue weighted by atomic mass is 10.2. The average molecular weight is 371 g/mol. The summed E-state index contributed by atoms with van der Waals surface area (Å²) < 4.78 is 16.3. The molecule has 2 aromatic carbocycles. The molecule has 0 spiro atoms. The molecule has 0 bridgehead atoms. The Morgan fingerprint density at radius 3 is 2.41 bits per heavy atom. The topological polar surface area (TPSA) is 72.1 Å². The minimum absolute atomic E-state index is 0.0690. The molecule has 1 aliphatic rings. The van der Waals surface area contributed by atoms with Crippen LogP contribution in [0.5, 0.6) is 11.5 Å². The van der Waals surface area contributed by atoms with Crippen molar-refractivity contribution in [1.82, 2.24) is 5.32 Å². The van der Waals surface area contributed by atoms with Gasteiger partial charge < -0.3 is 29.7 Å². The predicted octanol–water partition coefficient (Wildman–Crippen LogP) is 3.08. The van der Waals surface area contributed by atoms with Gasteiger partial charge in [0.1, 0.15) is 11.5 Å². The van der Waals surface area contributed by atoms with Crippen molar-refractivity contribution in [3.05, 3.63) is 48.5 Å². The first-order valence-corrected chi connectivity index (χ1v) is 9.08. The first-order valence-electron chi connectivity index (χ1n) is 9.08. The molecule has 144 valence electrons. The van der Waals surface area contributed by atoms with Crippen molar-refractivity contribution in [1.29, 1.82) is 0 Å². The molecule has 1 aliphatic heterocycles. The van der Waals surface area contributed by atoms with Gasteiger partial charge in [0.2, 0.25) is 0 Å². The van der Waals surface area contributed by atoms with Gasteiger partial charge in [-0.2, -0.15) is 0 Å². The Morgan fingerprint density at radius 2 is 1.70 bits per heavy atom. The highest BCUT2D eigenvalue weighted by Crippen LogP contribution is 2.26. The van der Waals surface area contributed by atoms with Crippen LogP contribution in [0, 0.1) is 0 Å². The molecule has 7 nitrogen and oxygen atoms in total. The number of anilines is 2. The van der Waals surface area contributed by atoms with Crippen molar-refractivity contribution in [2.45, 2.75) is 6.92 Å². The number of benzene rings is 2. The maximum Gasteiger partial charge on any atom is 0.321 e. The number of carbonyl (C=O) groups is 1. The minimum Gasteiger partial charge on any atom is -0.494 e. The first-order chi connectivity index (χ1) is 13.3. The maximum absolute atomic E-state index is 12.2. The largest absolute Gasteiger partial charge is 0.494 e. The zero-order valence-corrected chi connectivity index (χ0v) is 15.4. The van der Waals surface area contributed by atoms with E-state index in [4.69, 9.17) is 14.2 Å². The monoisotopic (exact) mass is 371 g/mol. The van der Waals surface area contributed by atoms with E-state index in [9.17, 15) is 4.79 Å². The van der Waals surface area contributed by atoms with Gasteiger partial charge in [0.15, 0.2) is 6.73 Å². The summed E-state index contributed by atoms with van der Waals surface area (Å²) in [4.78, 5) is 14.4. The number of urea groups is 1. The quantitative estimate of drug-likeness (QED) is 0.732.